The van der Waals surface area contributed by atoms with Gasteiger partial charge in [0, 0.05) is 19.3 Å². The summed E-state index contributed by atoms with van der Waals surface area (Å²) < 4.78 is 18.9. The fourth-order valence-electron chi connectivity index (χ4n) is 3.40. The summed E-state index contributed by atoms with van der Waals surface area (Å²) in [6.07, 6.45) is 5.16. The van der Waals surface area contributed by atoms with Crippen molar-refractivity contribution in [3.05, 3.63) is 29.8 Å². The highest BCUT2D eigenvalue weighted by Crippen LogP contribution is 2.32. The molecular weight excluding hydrogens is 301 g/mol. The van der Waals surface area contributed by atoms with Crippen LogP contribution in [0.15, 0.2) is 18.5 Å². The van der Waals surface area contributed by atoms with Gasteiger partial charge >= 0.3 is 0 Å². The first kappa shape index (κ1) is 15.9. The van der Waals surface area contributed by atoms with Gasteiger partial charge in [0.15, 0.2) is 0 Å². The highest BCUT2D eigenvalue weighted by Gasteiger charge is 2.36. The number of piperidine rings is 1. The molecule has 2 aliphatic rings. The molecule has 23 heavy (non-hydrogen) atoms. The summed E-state index contributed by atoms with van der Waals surface area (Å²) in [6, 6.07) is 1.21. The van der Waals surface area contributed by atoms with Crippen LogP contribution in [0, 0.1) is 11.7 Å². The Morgan fingerprint density at radius 1 is 1.22 bits per heavy atom. The summed E-state index contributed by atoms with van der Waals surface area (Å²) in [4.78, 5) is 28.9. The average Bonchev–Trinajstić information content (AvgIpc) is 3.04. The number of carbonyl (C=O) groups is 2. The molecule has 0 unspecified atom stereocenters. The number of hydrogen-bond acceptors (Lipinski definition) is 4. The number of nitrogens with zero attached hydrogens (tertiary/aromatic N) is 2. The van der Waals surface area contributed by atoms with Crippen LogP contribution >= 0.6 is 0 Å². The normalized spacial score (nSPS) is 25.5. The minimum absolute atomic E-state index is 0.0422. The minimum atomic E-state index is -0.511. The Labute approximate surface area is 133 Å². The summed E-state index contributed by atoms with van der Waals surface area (Å²) in [5.41, 5.74) is 5.55. The molecular formula is C16H20FN3O3. The highest BCUT2D eigenvalue weighted by atomic mass is 19.1. The Kier molecular flexibility index (Phi) is 4.56. The molecule has 0 aromatic carbocycles. The number of primary amides is 1. The van der Waals surface area contributed by atoms with Crippen molar-refractivity contribution in [2.75, 3.05) is 13.1 Å². The number of nitrogens with two attached hydrogens (primary N) is 1. The zero-order chi connectivity index (χ0) is 16.4. The molecule has 1 aromatic heterocycles. The van der Waals surface area contributed by atoms with Crippen molar-refractivity contribution in [1.82, 2.24) is 9.88 Å². The molecule has 2 amide bonds. The van der Waals surface area contributed by atoms with E-state index in [2.05, 4.69) is 4.98 Å². The number of rotatable bonds is 3. The smallest absolute Gasteiger partial charge is 0.255 e. The predicted molar refractivity (Wildman–Crippen MR) is 79.9 cm³/mol. The Bertz CT molecular complexity index is 602. The quantitative estimate of drug-likeness (QED) is 0.903. The molecule has 3 heterocycles. The van der Waals surface area contributed by atoms with E-state index in [-0.39, 0.29) is 17.6 Å². The van der Waals surface area contributed by atoms with E-state index in [1.165, 1.54) is 12.3 Å². The van der Waals surface area contributed by atoms with Crippen LogP contribution in [0.2, 0.25) is 0 Å². The third-order valence-corrected chi connectivity index (χ3v) is 4.67. The second-order valence-corrected chi connectivity index (χ2v) is 6.16. The Morgan fingerprint density at radius 2 is 1.96 bits per heavy atom. The molecule has 3 rings (SSSR count). The van der Waals surface area contributed by atoms with Gasteiger partial charge in [-0.3, -0.25) is 14.6 Å². The molecule has 2 fully saturated rings. The number of pyridine rings is 1. The van der Waals surface area contributed by atoms with Crippen molar-refractivity contribution < 1.29 is 18.7 Å². The fraction of sp³-hybridized carbons (Fsp3) is 0.562. The van der Waals surface area contributed by atoms with Gasteiger partial charge in [-0.1, -0.05) is 0 Å². The lowest BCUT2D eigenvalue weighted by Crippen LogP contribution is -2.41. The first-order valence-corrected chi connectivity index (χ1v) is 7.89. The summed E-state index contributed by atoms with van der Waals surface area (Å²) >= 11 is 0. The maximum absolute atomic E-state index is 13.2. The molecule has 2 N–H and O–H groups in total. The topological polar surface area (TPSA) is 85.5 Å². The van der Waals surface area contributed by atoms with Crippen LogP contribution in [0.1, 0.15) is 36.0 Å². The first-order valence-electron chi connectivity index (χ1n) is 7.89. The van der Waals surface area contributed by atoms with Gasteiger partial charge in [-0.15, -0.1) is 0 Å². The van der Waals surface area contributed by atoms with Crippen molar-refractivity contribution >= 4 is 11.8 Å². The molecule has 0 aliphatic carbocycles. The van der Waals surface area contributed by atoms with Crippen LogP contribution < -0.4 is 5.73 Å². The van der Waals surface area contributed by atoms with Crippen molar-refractivity contribution in [3.8, 4) is 0 Å². The fourth-order valence-corrected chi connectivity index (χ4v) is 3.40. The molecule has 2 aliphatic heterocycles. The van der Waals surface area contributed by atoms with Crippen LogP contribution in [0.4, 0.5) is 4.39 Å². The number of halogens is 1. The van der Waals surface area contributed by atoms with Gasteiger partial charge in [-0.2, -0.15) is 0 Å². The third kappa shape index (κ3) is 3.50. The maximum atomic E-state index is 13.2. The molecule has 124 valence electrons. The number of amides is 2. The van der Waals surface area contributed by atoms with E-state index < -0.39 is 17.8 Å². The predicted octanol–water partition coefficient (Wildman–Crippen LogP) is 1.11. The lowest BCUT2D eigenvalue weighted by molar-refractivity contribution is -0.130. The summed E-state index contributed by atoms with van der Waals surface area (Å²) in [5.74, 6) is -0.784. The molecule has 0 bridgehead atoms. The van der Waals surface area contributed by atoms with E-state index in [0.29, 0.717) is 25.4 Å². The van der Waals surface area contributed by atoms with Gasteiger partial charge < -0.3 is 15.4 Å². The van der Waals surface area contributed by atoms with Crippen molar-refractivity contribution in [3.63, 3.8) is 0 Å². The second kappa shape index (κ2) is 6.62. The molecule has 6 nitrogen and oxygen atoms in total. The molecule has 1 aromatic rings. The molecule has 2 atom stereocenters. The highest BCUT2D eigenvalue weighted by molar-refractivity contribution is 5.93. The summed E-state index contributed by atoms with van der Waals surface area (Å²) in [6.45, 7) is 1.20. The lowest BCUT2D eigenvalue weighted by Gasteiger charge is -2.34. The van der Waals surface area contributed by atoms with E-state index in [4.69, 9.17) is 10.5 Å². The standard InChI is InChI=1S/C16H20FN3O3/c17-12-7-11(8-19-9-12)16(22)20-5-3-10(4-6-20)13-1-2-14(23-13)15(18)21/h7-10,13-14H,1-6H2,(H2,18,21)/t13-,14+/m0/s1. The largest absolute Gasteiger partial charge is 0.367 e. The van der Waals surface area contributed by atoms with Gasteiger partial charge in [0.1, 0.15) is 11.9 Å². The van der Waals surface area contributed by atoms with Gasteiger partial charge in [-0.25, -0.2) is 4.39 Å². The Hall–Kier alpha value is -2.02. The van der Waals surface area contributed by atoms with Crippen LogP contribution in [-0.2, 0) is 9.53 Å². The van der Waals surface area contributed by atoms with E-state index in [1.54, 1.807) is 4.90 Å². The van der Waals surface area contributed by atoms with E-state index >= 15 is 0 Å². The van der Waals surface area contributed by atoms with Gasteiger partial charge in [0.05, 0.1) is 17.9 Å². The number of ether oxygens (including phenoxy) is 1. The van der Waals surface area contributed by atoms with Crippen LogP contribution in [0.3, 0.4) is 0 Å². The maximum Gasteiger partial charge on any atom is 0.255 e. The second-order valence-electron chi connectivity index (χ2n) is 6.16. The SMILES string of the molecule is NC(=O)[C@H]1CC[C@@H](C2CCN(C(=O)c3cncc(F)c3)CC2)O1. The van der Waals surface area contributed by atoms with E-state index in [9.17, 15) is 14.0 Å². The number of carbonyl (C=O) groups excluding carboxylic acids is 2. The third-order valence-electron chi connectivity index (χ3n) is 4.67. The van der Waals surface area contributed by atoms with Gasteiger partial charge in [0.2, 0.25) is 5.91 Å². The Morgan fingerprint density at radius 3 is 2.57 bits per heavy atom. The lowest BCUT2D eigenvalue weighted by atomic mass is 9.89. The molecule has 0 saturated carbocycles. The van der Waals surface area contributed by atoms with Gasteiger partial charge in [0.25, 0.3) is 5.91 Å². The monoisotopic (exact) mass is 321 g/mol. The van der Waals surface area contributed by atoms with Crippen LogP contribution in [0.5, 0.6) is 0 Å². The molecule has 7 heteroatoms. The van der Waals surface area contributed by atoms with Crippen LogP contribution in [-0.4, -0.2) is 47.0 Å². The zero-order valence-corrected chi connectivity index (χ0v) is 12.8. The van der Waals surface area contributed by atoms with E-state index in [0.717, 1.165) is 25.5 Å². The van der Waals surface area contributed by atoms with Crippen molar-refractivity contribution in [2.24, 2.45) is 11.7 Å². The zero-order valence-electron chi connectivity index (χ0n) is 12.8. The van der Waals surface area contributed by atoms with Crippen LogP contribution in [0.25, 0.3) is 0 Å². The van der Waals surface area contributed by atoms with E-state index in [1.807, 2.05) is 0 Å². The molecule has 0 spiro atoms. The number of likely N-dealkylation sites (tertiary alicyclic amines) is 1. The Balaban J connectivity index is 1.54. The van der Waals surface area contributed by atoms with Gasteiger partial charge in [-0.05, 0) is 37.7 Å². The number of hydrogen-bond donors (Lipinski definition) is 1. The van der Waals surface area contributed by atoms with Crippen molar-refractivity contribution in [1.29, 1.82) is 0 Å². The first-order chi connectivity index (χ1) is 11.0. The minimum Gasteiger partial charge on any atom is -0.367 e. The summed E-state index contributed by atoms with van der Waals surface area (Å²) in [5, 5.41) is 0. The number of aromatic nitrogens is 1. The summed E-state index contributed by atoms with van der Waals surface area (Å²) in [7, 11) is 0. The average molecular weight is 321 g/mol. The molecule has 2 saturated heterocycles. The molecule has 0 radical (unpaired) electrons. The van der Waals surface area contributed by atoms with Crippen molar-refractivity contribution in [2.45, 2.75) is 37.9 Å².